The Morgan fingerprint density at radius 2 is 1.96 bits per heavy atom. The highest BCUT2D eigenvalue weighted by Crippen LogP contribution is 2.30. The van der Waals surface area contributed by atoms with Gasteiger partial charge < -0.3 is 10.1 Å². The van der Waals surface area contributed by atoms with Crippen molar-refractivity contribution in [2.24, 2.45) is 0 Å². The van der Waals surface area contributed by atoms with Crippen LogP contribution in [0.15, 0.2) is 42.5 Å². The van der Waals surface area contributed by atoms with Crippen LogP contribution in [-0.4, -0.2) is 16.9 Å². The maximum atomic E-state index is 12.4. The number of nitro benzene ring substituents is 1. The number of halogens is 1. The van der Waals surface area contributed by atoms with Gasteiger partial charge in [0, 0.05) is 11.8 Å². The molecule has 1 N–H and O–H groups in total. The summed E-state index contributed by atoms with van der Waals surface area (Å²) in [5.74, 6) is 0.563. The van der Waals surface area contributed by atoms with Gasteiger partial charge in [-0.15, -0.1) is 0 Å². The van der Waals surface area contributed by atoms with Gasteiger partial charge in [-0.3, -0.25) is 14.9 Å². The molecule has 0 spiro atoms. The lowest BCUT2D eigenvalue weighted by Crippen LogP contribution is -2.30. The van der Waals surface area contributed by atoms with Crippen LogP contribution in [0.3, 0.4) is 0 Å². The van der Waals surface area contributed by atoms with Gasteiger partial charge in [0.2, 0.25) is 0 Å². The third-order valence-corrected chi connectivity index (χ3v) is 4.47. The third kappa shape index (κ3) is 4.73. The van der Waals surface area contributed by atoms with E-state index in [1.807, 2.05) is 24.3 Å². The van der Waals surface area contributed by atoms with E-state index in [1.165, 1.54) is 18.2 Å². The van der Waals surface area contributed by atoms with Gasteiger partial charge in [-0.25, -0.2) is 0 Å². The molecule has 0 aliphatic carbocycles. The summed E-state index contributed by atoms with van der Waals surface area (Å²) in [6, 6.07) is 11.7. The summed E-state index contributed by atoms with van der Waals surface area (Å²) in [4.78, 5) is 22.7. The first-order valence-electron chi connectivity index (χ1n) is 8.33. The van der Waals surface area contributed by atoms with Crippen molar-refractivity contribution < 1.29 is 14.5 Å². The summed E-state index contributed by atoms with van der Waals surface area (Å²) in [5, 5.41) is 13.6. The average molecular weight is 377 g/mol. The Labute approximate surface area is 157 Å². The van der Waals surface area contributed by atoms with Gasteiger partial charge in [-0.05, 0) is 43.0 Å². The van der Waals surface area contributed by atoms with E-state index >= 15 is 0 Å². The van der Waals surface area contributed by atoms with Crippen molar-refractivity contribution in [1.82, 2.24) is 0 Å². The fourth-order valence-electron chi connectivity index (χ4n) is 2.43. The zero-order valence-electron chi connectivity index (χ0n) is 14.9. The number of carbonyl (C=O) groups is 1. The Hall–Kier alpha value is -2.60. The van der Waals surface area contributed by atoms with Gasteiger partial charge in [0.1, 0.15) is 10.8 Å². The molecule has 0 fully saturated rings. The van der Waals surface area contributed by atoms with E-state index in [9.17, 15) is 14.9 Å². The molecule has 1 amide bonds. The molecule has 2 aromatic rings. The minimum atomic E-state index is -0.769. The molecule has 138 valence electrons. The molecular weight excluding hydrogens is 356 g/mol. The molecule has 0 aliphatic heterocycles. The van der Waals surface area contributed by atoms with Gasteiger partial charge in [0.15, 0.2) is 6.10 Å². The van der Waals surface area contributed by atoms with Crippen LogP contribution < -0.4 is 10.1 Å². The summed E-state index contributed by atoms with van der Waals surface area (Å²) in [6.07, 6.45) is 0.185. The van der Waals surface area contributed by atoms with Crippen molar-refractivity contribution in [2.45, 2.75) is 39.2 Å². The molecule has 0 aromatic heterocycles. The quantitative estimate of drug-likeness (QED) is 0.534. The highest BCUT2D eigenvalue weighted by molar-refractivity contribution is 6.32. The number of ether oxygens (including phenoxy) is 1. The summed E-state index contributed by atoms with van der Waals surface area (Å²) >= 11 is 5.78. The van der Waals surface area contributed by atoms with Crippen LogP contribution in [0.4, 0.5) is 11.4 Å². The van der Waals surface area contributed by atoms with Crippen LogP contribution in [0.1, 0.15) is 38.7 Å². The number of hydrogen-bond acceptors (Lipinski definition) is 4. The van der Waals surface area contributed by atoms with Crippen LogP contribution in [0.5, 0.6) is 5.75 Å². The highest BCUT2D eigenvalue weighted by atomic mass is 35.5. The number of nitrogens with zero attached hydrogens (tertiary/aromatic N) is 1. The molecule has 6 nitrogen and oxygen atoms in total. The monoisotopic (exact) mass is 376 g/mol. The normalized spacial score (nSPS) is 12.9. The van der Waals surface area contributed by atoms with Gasteiger partial charge >= 0.3 is 0 Å². The van der Waals surface area contributed by atoms with Gasteiger partial charge in [0.05, 0.1) is 4.92 Å². The second-order valence-electron chi connectivity index (χ2n) is 6.02. The van der Waals surface area contributed by atoms with Gasteiger partial charge in [-0.1, -0.05) is 43.6 Å². The summed E-state index contributed by atoms with van der Waals surface area (Å²) < 4.78 is 5.83. The van der Waals surface area contributed by atoms with Crippen LogP contribution in [0.2, 0.25) is 5.02 Å². The lowest BCUT2D eigenvalue weighted by molar-refractivity contribution is -0.384. The second kappa shape index (κ2) is 8.67. The molecule has 26 heavy (non-hydrogen) atoms. The van der Waals surface area contributed by atoms with E-state index < -0.39 is 16.9 Å². The third-order valence-electron chi connectivity index (χ3n) is 4.15. The van der Waals surface area contributed by atoms with Crippen molar-refractivity contribution >= 4 is 28.9 Å². The molecule has 0 aliphatic rings. The molecule has 2 rings (SSSR count). The maximum absolute atomic E-state index is 12.4. The molecular formula is C19H21ClN2O4. The largest absolute Gasteiger partial charge is 0.481 e. The molecule has 0 radical (unpaired) electrons. The van der Waals surface area contributed by atoms with E-state index in [0.717, 1.165) is 12.0 Å². The van der Waals surface area contributed by atoms with E-state index in [0.29, 0.717) is 11.7 Å². The Morgan fingerprint density at radius 3 is 2.62 bits per heavy atom. The van der Waals surface area contributed by atoms with Crippen LogP contribution in [-0.2, 0) is 4.79 Å². The number of hydrogen-bond donors (Lipinski definition) is 1. The van der Waals surface area contributed by atoms with Crippen LogP contribution in [0, 0.1) is 10.1 Å². The fraction of sp³-hybridized carbons (Fsp3) is 0.316. The smallest absolute Gasteiger partial charge is 0.289 e. The van der Waals surface area contributed by atoms with Crippen molar-refractivity contribution in [3.05, 3.63) is 63.2 Å². The van der Waals surface area contributed by atoms with E-state index in [-0.39, 0.29) is 16.4 Å². The molecule has 2 atom stereocenters. The number of nitrogens with one attached hydrogen (secondary N) is 1. The topological polar surface area (TPSA) is 81.5 Å². The minimum absolute atomic E-state index is 0.0137. The number of para-hydroxylation sites is 1. The predicted octanol–water partition coefficient (Wildman–Crippen LogP) is 5.17. The number of carbonyl (C=O) groups excluding carboxylic acids is 1. The van der Waals surface area contributed by atoms with Crippen molar-refractivity contribution in [3.63, 3.8) is 0 Å². The lowest BCUT2D eigenvalue weighted by Gasteiger charge is -2.19. The molecule has 0 unspecified atom stereocenters. The second-order valence-corrected chi connectivity index (χ2v) is 6.43. The Kier molecular flexibility index (Phi) is 6.58. The number of nitro groups is 1. The van der Waals surface area contributed by atoms with Crippen LogP contribution in [0.25, 0.3) is 0 Å². The first kappa shape index (κ1) is 19.7. The Balaban J connectivity index is 2.12. The zero-order valence-corrected chi connectivity index (χ0v) is 15.6. The van der Waals surface area contributed by atoms with Crippen molar-refractivity contribution in [1.29, 1.82) is 0 Å². The van der Waals surface area contributed by atoms with E-state index in [4.69, 9.17) is 16.3 Å². The van der Waals surface area contributed by atoms with Gasteiger partial charge in [-0.2, -0.15) is 0 Å². The molecule has 0 saturated carbocycles. The predicted molar refractivity (Wildman–Crippen MR) is 102 cm³/mol. The van der Waals surface area contributed by atoms with Crippen LogP contribution >= 0.6 is 11.6 Å². The summed E-state index contributed by atoms with van der Waals surface area (Å²) in [6.45, 7) is 5.82. The van der Waals surface area contributed by atoms with Crippen molar-refractivity contribution in [2.75, 3.05) is 5.32 Å². The van der Waals surface area contributed by atoms with E-state index in [1.54, 1.807) is 6.92 Å². The van der Waals surface area contributed by atoms with Gasteiger partial charge in [0.25, 0.3) is 11.6 Å². The average Bonchev–Trinajstić information content (AvgIpc) is 2.62. The van der Waals surface area contributed by atoms with E-state index in [2.05, 4.69) is 19.2 Å². The highest BCUT2D eigenvalue weighted by Gasteiger charge is 2.20. The molecule has 0 saturated heterocycles. The number of benzene rings is 2. The number of rotatable bonds is 7. The first-order chi connectivity index (χ1) is 12.3. The molecule has 7 heteroatoms. The fourth-order valence-corrected chi connectivity index (χ4v) is 2.62. The molecule has 0 bridgehead atoms. The minimum Gasteiger partial charge on any atom is -0.481 e. The first-order valence-corrected chi connectivity index (χ1v) is 8.71. The number of amides is 1. The summed E-state index contributed by atoms with van der Waals surface area (Å²) in [5.41, 5.74) is 1.06. The zero-order chi connectivity index (χ0) is 19.3. The Morgan fingerprint density at radius 1 is 1.27 bits per heavy atom. The SMILES string of the molecule is CC[C@H](C)c1ccccc1O[C@H](C)C(=O)Nc1ccc(Cl)c([N+](=O)[O-])c1. The Bertz CT molecular complexity index is 810. The lowest BCUT2D eigenvalue weighted by atomic mass is 9.98. The standard InChI is InChI=1S/C19H21ClN2O4/c1-4-12(2)15-7-5-6-8-18(15)26-13(3)19(23)21-14-9-10-16(20)17(11-14)22(24)25/h5-13H,4H2,1-3H3,(H,21,23)/t12-,13+/m0/s1. The molecule has 0 heterocycles. The number of anilines is 1. The maximum Gasteiger partial charge on any atom is 0.289 e. The summed E-state index contributed by atoms with van der Waals surface area (Å²) in [7, 11) is 0. The molecule has 2 aromatic carbocycles. The van der Waals surface area contributed by atoms with Crippen molar-refractivity contribution in [3.8, 4) is 5.75 Å².